The molecule has 1 aromatic carbocycles. The molecule has 1 aromatic heterocycles. The summed E-state index contributed by atoms with van der Waals surface area (Å²) in [5, 5.41) is 4.28. The average molecular weight is 216 g/mol. The van der Waals surface area contributed by atoms with Crippen molar-refractivity contribution in [3.05, 3.63) is 41.6 Å². The van der Waals surface area contributed by atoms with E-state index >= 15 is 0 Å². The van der Waals surface area contributed by atoms with Gasteiger partial charge >= 0.3 is 0 Å². The van der Waals surface area contributed by atoms with Crippen molar-refractivity contribution >= 4 is 5.82 Å². The van der Waals surface area contributed by atoms with Crippen molar-refractivity contribution in [2.24, 2.45) is 5.73 Å². The second-order valence-electron chi connectivity index (χ2n) is 3.85. The van der Waals surface area contributed by atoms with Gasteiger partial charge in [-0.3, -0.25) is 0 Å². The average Bonchev–Trinajstić information content (AvgIpc) is 2.60. The molecule has 0 aliphatic carbocycles. The number of aryl methyl sites for hydroxylation is 1. The molecule has 4 heteroatoms. The van der Waals surface area contributed by atoms with Gasteiger partial charge in [0, 0.05) is 18.2 Å². The summed E-state index contributed by atoms with van der Waals surface area (Å²) in [6, 6.07) is 10.0. The lowest BCUT2D eigenvalue weighted by molar-refractivity contribution is 0.792. The van der Waals surface area contributed by atoms with Gasteiger partial charge in [0.05, 0.1) is 5.69 Å². The van der Waals surface area contributed by atoms with Gasteiger partial charge in [-0.2, -0.15) is 5.10 Å². The molecule has 84 valence electrons. The topological polar surface area (TPSA) is 69.9 Å². The molecule has 1 heterocycles. The normalized spacial score (nSPS) is 10.6. The minimum Gasteiger partial charge on any atom is -0.382 e. The summed E-state index contributed by atoms with van der Waals surface area (Å²) in [5.41, 5.74) is 14.6. The fourth-order valence-corrected chi connectivity index (χ4v) is 1.75. The van der Waals surface area contributed by atoms with Crippen molar-refractivity contribution in [1.29, 1.82) is 0 Å². The number of nitrogens with two attached hydrogens (primary N) is 2. The number of anilines is 1. The van der Waals surface area contributed by atoms with Crippen LogP contribution in [0.2, 0.25) is 0 Å². The van der Waals surface area contributed by atoms with E-state index in [1.165, 1.54) is 5.56 Å². The Morgan fingerprint density at radius 1 is 1.31 bits per heavy atom. The van der Waals surface area contributed by atoms with E-state index in [2.05, 4.69) is 24.2 Å². The highest BCUT2D eigenvalue weighted by molar-refractivity contribution is 5.40. The number of rotatable bonds is 3. The van der Waals surface area contributed by atoms with Crippen LogP contribution in [0.4, 0.5) is 5.82 Å². The Kier molecular flexibility index (Phi) is 2.92. The highest BCUT2D eigenvalue weighted by atomic mass is 15.3. The Labute approximate surface area is 94.9 Å². The standard InChI is InChI=1S/C12H16N4/c1-9-3-2-4-10(7-9)16-11(5-6-13)8-12(14)15-16/h2-4,7-8H,5-6,13H2,1H3,(H2,14,15). The van der Waals surface area contributed by atoms with Gasteiger partial charge in [0.15, 0.2) is 0 Å². The molecule has 16 heavy (non-hydrogen) atoms. The monoisotopic (exact) mass is 216 g/mol. The summed E-state index contributed by atoms with van der Waals surface area (Å²) in [6.45, 7) is 2.65. The van der Waals surface area contributed by atoms with Crippen LogP contribution in [0.15, 0.2) is 30.3 Å². The molecule has 4 N–H and O–H groups in total. The third-order valence-corrected chi connectivity index (χ3v) is 2.45. The van der Waals surface area contributed by atoms with Gasteiger partial charge in [0.25, 0.3) is 0 Å². The Hall–Kier alpha value is -1.81. The first kappa shape index (κ1) is 10.7. The van der Waals surface area contributed by atoms with Crippen LogP contribution in [0.25, 0.3) is 5.69 Å². The van der Waals surface area contributed by atoms with Crippen molar-refractivity contribution < 1.29 is 0 Å². The highest BCUT2D eigenvalue weighted by Crippen LogP contribution is 2.15. The number of hydrogen-bond acceptors (Lipinski definition) is 3. The molecule has 0 aliphatic heterocycles. The largest absolute Gasteiger partial charge is 0.382 e. The number of aromatic nitrogens is 2. The second kappa shape index (κ2) is 4.37. The van der Waals surface area contributed by atoms with Crippen LogP contribution in [0.1, 0.15) is 11.3 Å². The maximum absolute atomic E-state index is 5.71. The minimum atomic E-state index is 0.532. The summed E-state index contributed by atoms with van der Waals surface area (Å²) in [4.78, 5) is 0. The molecule has 0 unspecified atom stereocenters. The Bertz CT molecular complexity index is 488. The lowest BCUT2D eigenvalue weighted by Crippen LogP contribution is -2.08. The van der Waals surface area contributed by atoms with Gasteiger partial charge in [-0.1, -0.05) is 12.1 Å². The van der Waals surface area contributed by atoms with E-state index in [0.717, 1.165) is 17.8 Å². The van der Waals surface area contributed by atoms with Crippen LogP contribution < -0.4 is 11.5 Å². The van der Waals surface area contributed by atoms with E-state index in [0.29, 0.717) is 12.4 Å². The molecule has 4 nitrogen and oxygen atoms in total. The SMILES string of the molecule is Cc1cccc(-n2nc(N)cc2CCN)c1. The summed E-state index contributed by atoms with van der Waals surface area (Å²) in [6.07, 6.45) is 0.776. The maximum Gasteiger partial charge on any atom is 0.146 e. The van der Waals surface area contributed by atoms with Crippen LogP contribution >= 0.6 is 0 Å². The molecule has 0 saturated heterocycles. The molecule has 2 rings (SSSR count). The van der Waals surface area contributed by atoms with Crippen LogP contribution in [0.3, 0.4) is 0 Å². The number of benzene rings is 1. The Morgan fingerprint density at radius 3 is 2.81 bits per heavy atom. The van der Waals surface area contributed by atoms with E-state index < -0.39 is 0 Å². The zero-order valence-electron chi connectivity index (χ0n) is 9.35. The van der Waals surface area contributed by atoms with Crippen LogP contribution in [-0.2, 0) is 6.42 Å². The molecular weight excluding hydrogens is 200 g/mol. The Morgan fingerprint density at radius 2 is 2.12 bits per heavy atom. The number of nitrogens with zero attached hydrogens (tertiary/aromatic N) is 2. The molecule has 0 amide bonds. The van der Waals surface area contributed by atoms with E-state index in [-0.39, 0.29) is 0 Å². The molecule has 2 aromatic rings. The first-order valence-electron chi connectivity index (χ1n) is 5.32. The molecule has 0 saturated carbocycles. The van der Waals surface area contributed by atoms with Gasteiger partial charge < -0.3 is 11.5 Å². The van der Waals surface area contributed by atoms with E-state index in [4.69, 9.17) is 11.5 Å². The maximum atomic E-state index is 5.71. The molecule has 0 aliphatic rings. The predicted molar refractivity (Wildman–Crippen MR) is 65.5 cm³/mol. The second-order valence-corrected chi connectivity index (χ2v) is 3.85. The summed E-state index contributed by atoms with van der Waals surface area (Å²) >= 11 is 0. The lowest BCUT2D eigenvalue weighted by Gasteiger charge is -2.06. The van der Waals surface area contributed by atoms with Crippen molar-refractivity contribution in [3.63, 3.8) is 0 Å². The fourth-order valence-electron chi connectivity index (χ4n) is 1.75. The lowest BCUT2D eigenvalue weighted by atomic mass is 10.2. The smallest absolute Gasteiger partial charge is 0.146 e. The van der Waals surface area contributed by atoms with Gasteiger partial charge in [-0.15, -0.1) is 0 Å². The molecule has 0 atom stereocenters. The first-order chi connectivity index (χ1) is 7.70. The first-order valence-corrected chi connectivity index (χ1v) is 5.32. The van der Waals surface area contributed by atoms with Gasteiger partial charge in [0.2, 0.25) is 0 Å². The number of hydrogen-bond donors (Lipinski definition) is 2. The zero-order chi connectivity index (χ0) is 11.5. The van der Waals surface area contributed by atoms with Crippen LogP contribution in [0, 0.1) is 6.92 Å². The molecular formula is C12H16N4. The summed E-state index contributed by atoms with van der Waals surface area (Å²) < 4.78 is 1.86. The third kappa shape index (κ3) is 2.06. The zero-order valence-corrected chi connectivity index (χ0v) is 9.35. The van der Waals surface area contributed by atoms with Crippen molar-refractivity contribution in [2.45, 2.75) is 13.3 Å². The van der Waals surface area contributed by atoms with Crippen molar-refractivity contribution in [2.75, 3.05) is 12.3 Å². The molecule has 0 bridgehead atoms. The van der Waals surface area contributed by atoms with Gasteiger partial charge in [-0.05, 0) is 31.2 Å². The molecule has 0 spiro atoms. The van der Waals surface area contributed by atoms with Gasteiger partial charge in [-0.25, -0.2) is 4.68 Å². The minimum absolute atomic E-state index is 0.532. The van der Waals surface area contributed by atoms with Crippen molar-refractivity contribution in [3.8, 4) is 5.69 Å². The molecule has 0 fully saturated rings. The van der Waals surface area contributed by atoms with E-state index in [1.54, 1.807) is 0 Å². The van der Waals surface area contributed by atoms with E-state index in [1.807, 2.05) is 22.9 Å². The summed E-state index contributed by atoms with van der Waals surface area (Å²) in [7, 11) is 0. The predicted octanol–water partition coefficient (Wildman–Crippen LogP) is 1.26. The Balaban J connectivity index is 2.46. The quantitative estimate of drug-likeness (QED) is 0.811. The van der Waals surface area contributed by atoms with Crippen LogP contribution in [0.5, 0.6) is 0 Å². The molecule has 0 radical (unpaired) electrons. The summed E-state index contributed by atoms with van der Waals surface area (Å²) in [5.74, 6) is 0.532. The van der Waals surface area contributed by atoms with Gasteiger partial charge in [0.1, 0.15) is 5.82 Å². The number of nitrogen functional groups attached to an aromatic ring is 1. The fraction of sp³-hybridized carbons (Fsp3) is 0.250. The third-order valence-electron chi connectivity index (χ3n) is 2.45. The van der Waals surface area contributed by atoms with Crippen LogP contribution in [-0.4, -0.2) is 16.3 Å². The van der Waals surface area contributed by atoms with Crippen molar-refractivity contribution in [1.82, 2.24) is 9.78 Å². The van der Waals surface area contributed by atoms with E-state index in [9.17, 15) is 0 Å². The highest BCUT2D eigenvalue weighted by Gasteiger charge is 2.06.